The molecule has 1 heterocycles. The first-order chi connectivity index (χ1) is 9.68. The van der Waals surface area contributed by atoms with E-state index in [1.807, 2.05) is 36.4 Å². The van der Waals surface area contributed by atoms with E-state index in [2.05, 4.69) is 0 Å². The summed E-state index contributed by atoms with van der Waals surface area (Å²) in [6.45, 7) is 0. The summed E-state index contributed by atoms with van der Waals surface area (Å²) in [6.07, 6.45) is 1.65. The van der Waals surface area contributed by atoms with Gasteiger partial charge < -0.3 is 4.90 Å². The van der Waals surface area contributed by atoms with E-state index in [1.165, 1.54) is 4.90 Å². The second-order valence-electron chi connectivity index (χ2n) is 4.68. The Bertz CT molecular complexity index is 717. The fourth-order valence-electron chi connectivity index (χ4n) is 2.33. The molecule has 0 fully saturated rings. The van der Waals surface area contributed by atoms with Crippen LogP contribution in [0.2, 0.25) is 0 Å². The van der Waals surface area contributed by atoms with Crippen molar-refractivity contribution in [3.8, 4) is 0 Å². The fourth-order valence-corrected chi connectivity index (χ4v) is 2.33. The van der Waals surface area contributed by atoms with Gasteiger partial charge in [0, 0.05) is 12.6 Å². The Kier molecular flexibility index (Phi) is 2.95. The van der Waals surface area contributed by atoms with Crippen molar-refractivity contribution in [3.05, 3.63) is 71.3 Å². The summed E-state index contributed by atoms with van der Waals surface area (Å²) in [5.41, 5.74) is 2.28. The van der Waals surface area contributed by atoms with Crippen molar-refractivity contribution in [3.63, 3.8) is 0 Å². The third-order valence-electron chi connectivity index (χ3n) is 3.40. The number of anilines is 1. The Labute approximate surface area is 117 Å². The number of likely N-dealkylation sites (N-methyl/N-ethyl adjacent to an activating group) is 1. The predicted molar refractivity (Wildman–Crippen MR) is 78.6 cm³/mol. The van der Waals surface area contributed by atoms with Gasteiger partial charge in [0.2, 0.25) is 5.78 Å². The average molecular weight is 263 g/mol. The number of hydrogen-bond donors (Lipinski definition) is 0. The van der Waals surface area contributed by atoms with E-state index in [1.54, 1.807) is 31.3 Å². The summed E-state index contributed by atoms with van der Waals surface area (Å²) in [5.74, 6) is -0.481. The van der Waals surface area contributed by atoms with Gasteiger partial charge in [0.15, 0.2) is 0 Å². The van der Waals surface area contributed by atoms with E-state index >= 15 is 0 Å². The molecule has 2 aromatic carbocycles. The Hall–Kier alpha value is -2.68. The summed E-state index contributed by atoms with van der Waals surface area (Å²) < 4.78 is 0. The number of Topliss-reactive ketones (excluding diaryl/α,β-unsaturated/α-hetero) is 1. The highest BCUT2D eigenvalue weighted by Gasteiger charge is 2.32. The molecule has 98 valence electrons. The van der Waals surface area contributed by atoms with Gasteiger partial charge in [0.05, 0.1) is 11.3 Å². The molecule has 0 radical (unpaired) electrons. The van der Waals surface area contributed by atoms with E-state index < -0.39 is 0 Å². The molecule has 0 N–H and O–H groups in total. The molecule has 3 rings (SSSR count). The minimum Gasteiger partial charge on any atom is -0.311 e. The minimum absolute atomic E-state index is 0.206. The number of carbonyl (C=O) groups excluding carboxylic acids is 2. The molecule has 1 amide bonds. The lowest BCUT2D eigenvalue weighted by molar-refractivity contribution is -0.114. The zero-order chi connectivity index (χ0) is 14.1. The zero-order valence-electron chi connectivity index (χ0n) is 11.0. The quantitative estimate of drug-likeness (QED) is 0.586. The van der Waals surface area contributed by atoms with Gasteiger partial charge in [-0.05, 0) is 23.8 Å². The summed E-state index contributed by atoms with van der Waals surface area (Å²) in [5, 5.41) is 0. The highest BCUT2D eigenvalue weighted by Crippen LogP contribution is 2.29. The van der Waals surface area contributed by atoms with Gasteiger partial charge in [-0.3, -0.25) is 9.59 Å². The van der Waals surface area contributed by atoms with Crippen LogP contribution in [-0.2, 0) is 4.79 Å². The minimum atomic E-state index is -0.266. The number of ketones is 1. The van der Waals surface area contributed by atoms with E-state index in [9.17, 15) is 9.59 Å². The van der Waals surface area contributed by atoms with Gasteiger partial charge in [-0.1, -0.05) is 42.5 Å². The van der Waals surface area contributed by atoms with Crippen LogP contribution in [0.25, 0.3) is 6.08 Å². The van der Waals surface area contributed by atoms with Crippen molar-refractivity contribution in [1.29, 1.82) is 0 Å². The lowest BCUT2D eigenvalue weighted by Gasteiger charge is -2.26. The highest BCUT2D eigenvalue weighted by molar-refractivity contribution is 6.36. The summed E-state index contributed by atoms with van der Waals surface area (Å²) in [7, 11) is 1.69. The molecule has 0 spiro atoms. The van der Waals surface area contributed by atoms with Crippen LogP contribution in [0.3, 0.4) is 0 Å². The number of amides is 1. The molecule has 3 heteroatoms. The fraction of sp³-hybridized carbons (Fsp3) is 0.0588. The maximum atomic E-state index is 12.5. The van der Waals surface area contributed by atoms with Crippen molar-refractivity contribution in [2.24, 2.45) is 0 Å². The number of para-hydroxylation sites is 1. The van der Waals surface area contributed by atoms with Gasteiger partial charge in [-0.15, -0.1) is 0 Å². The average Bonchev–Trinajstić information content (AvgIpc) is 2.50. The van der Waals surface area contributed by atoms with Gasteiger partial charge in [-0.2, -0.15) is 0 Å². The molecule has 2 aromatic rings. The smallest absolute Gasteiger partial charge is 0.262 e. The second-order valence-corrected chi connectivity index (χ2v) is 4.68. The first-order valence-corrected chi connectivity index (χ1v) is 6.37. The number of nitrogens with zero attached hydrogens (tertiary/aromatic N) is 1. The van der Waals surface area contributed by atoms with Gasteiger partial charge in [0.25, 0.3) is 5.91 Å². The number of fused-ring (bicyclic) bond motifs is 1. The molecule has 0 bridgehead atoms. The molecule has 20 heavy (non-hydrogen) atoms. The molecule has 1 aliphatic rings. The molecular weight excluding hydrogens is 250 g/mol. The normalized spacial score (nSPS) is 16.4. The van der Waals surface area contributed by atoms with Crippen LogP contribution in [0.4, 0.5) is 5.69 Å². The largest absolute Gasteiger partial charge is 0.311 e. The third-order valence-corrected chi connectivity index (χ3v) is 3.40. The Morgan fingerprint density at radius 3 is 2.30 bits per heavy atom. The second kappa shape index (κ2) is 4.78. The molecule has 3 nitrogen and oxygen atoms in total. The number of rotatable bonds is 1. The van der Waals surface area contributed by atoms with Crippen molar-refractivity contribution in [1.82, 2.24) is 0 Å². The summed E-state index contributed by atoms with van der Waals surface area (Å²) in [4.78, 5) is 26.3. The van der Waals surface area contributed by atoms with Crippen molar-refractivity contribution in [2.45, 2.75) is 0 Å². The summed E-state index contributed by atoms with van der Waals surface area (Å²) >= 11 is 0. The molecule has 0 saturated heterocycles. The molecule has 0 saturated carbocycles. The monoisotopic (exact) mass is 263 g/mol. The predicted octanol–water partition coefficient (Wildman–Crippen LogP) is 2.93. The van der Waals surface area contributed by atoms with Gasteiger partial charge in [-0.25, -0.2) is 0 Å². The van der Waals surface area contributed by atoms with Crippen LogP contribution in [-0.4, -0.2) is 18.7 Å². The van der Waals surface area contributed by atoms with Gasteiger partial charge >= 0.3 is 0 Å². The Balaban J connectivity index is 2.13. The van der Waals surface area contributed by atoms with Gasteiger partial charge in [0.1, 0.15) is 0 Å². The molecule has 0 aliphatic carbocycles. The number of carbonyl (C=O) groups is 2. The van der Waals surface area contributed by atoms with E-state index in [0.29, 0.717) is 11.3 Å². The van der Waals surface area contributed by atoms with Crippen molar-refractivity contribution >= 4 is 23.5 Å². The molecule has 0 atom stereocenters. The standard InChI is InChI=1S/C17H13NO2/c1-18-15-10-6-5-9-13(15)16(19)14(17(18)20)11-12-7-3-2-4-8-12/h2-11H,1H3. The molecular formula is C17H13NO2. The Morgan fingerprint density at radius 2 is 1.55 bits per heavy atom. The van der Waals surface area contributed by atoms with Crippen LogP contribution < -0.4 is 4.90 Å². The van der Waals surface area contributed by atoms with E-state index in [-0.39, 0.29) is 17.3 Å². The van der Waals surface area contributed by atoms with Crippen molar-refractivity contribution in [2.75, 3.05) is 11.9 Å². The van der Waals surface area contributed by atoms with Crippen LogP contribution in [0, 0.1) is 0 Å². The summed E-state index contributed by atoms with van der Waals surface area (Å²) in [6, 6.07) is 16.5. The topological polar surface area (TPSA) is 37.4 Å². The first kappa shape index (κ1) is 12.4. The lowest BCUT2D eigenvalue weighted by Crippen LogP contribution is -2.36. The lowest BCUT2D eigenvalue weighted by atomic mass is 9.94. The van der Waals surface area contributed by atoms with Crippen molar-refractivity contribution < 1.29 is 9.59 Å². The number of benzene rings is 2. The van der Waals surface area contributed by atoms with E-state index in [0.717, 1.165) is 5.56 Å². The highest BCUT2D eigenvalue weighted by atomic mass is 16.2. The number of hydrogen-bond acceptors (Lipinski definition) is 2. The molecule has 0 aromatic heterocycles. The molecule has 0 unspecified atom stereocenters. The van der Waals surface area contributed by atoms with E-state index in [4.69, 9.17) is 0 Å². The maximum Gasteiger partial charge on any atom is 0.262 e. The van der Waals surface area contributed by atoms with Crippen LogP contribution in [0.1, 0.15) is 15.9 Å². The van der Waals surface area contributed by atoms with Crippen LogP contribution >= 0.6 is 0 Å². The van der Waals surface area contributed by atoms with Crippen LogP contribution in [0.15, 0.2) is 60.2 Å². The maximum absolute atomic E-state index is 12.5. The SMILES string of the molecule is CN1C(=O)C(=Cc2ccccc2)C(=O)c2ccccc21. The zero-order valence-corrected chi connectivity index (χ0v) is 11.0. The molecule has 1 aliphatic heterocycles. The van der Waals surface area contributed by atoms with Crippen LogP contribution in [0.5, 0.6) is 0 Å². The third kappa shape index (κ3) is 1.93. The Morgan fingerprint density at radius 1 is 0.900 bits per heavy atom. The first-order valence-electron chi connectivity index (χ1n) is 6.37.